The molecule has 0 saturated heterocycles. The van der Waals surface area contributed by atoms with Crippen molar-refractivity contribution in [3.05, 3.63) is 67.1 Å². The lowest BCUT2D eigenvalue weighted by atomic mass is 10.0. The Labute approximate surface area is 109 Å². The van der Waals surface area contributed by atoms with Gasteiger partial charge in [-0.15, -0.1) is 0 Å². The van der Waals surface area contributed by atoms with Gasteiger partial charge in [0.15, 0.2) is 0 Å². The van der Waals surface area contributed by atoms with E-state index < -0.39 is 0 Å². The first-order chi connectivity index (χ1) is 9.34. The fourth-order valence-electron chi connectivity index (χ4n) is 1.91. The Morgan fingerprint density at radius 2 is 1.53 bits per heavy atom. The molecule has 3 heterocycles. The third-order valence-corrected chi connectivity index (χ3v) is 2.76. The van der Waals surface area contributed by atoms with E-state index in [2.05, 4.69) is 15.0 Å². The average Bonchev–Trinajstić information content (AvgIpc) is 2.49. The van der Waals surface area contributed by atoms with E-state index in [1.165, 1.54) is 12.3 Å². The summed E-state index contributed by atoms with van der Waals surface area (Å²) in [6.45, 7) is 0. The van der Waals surface area contributed by atoms with Crippen LogP contribution >= 0.6 is 0 Å². The molecule has 19 heavy (non-hydrogen) atoms. The molecule has 4 heteroatoms. The summed E-state index contributed by atoms with van der Waals surface area (Å²) in [6.07, 6.45) is 7.98. The van der Waals surface area contributed by atoms with E-state index in [4.69, 9.17) is 0 Å². The molecular weight excluding hydrogens is 241 g/mol. The number of pyridine rings is 3. The van der Waals surface area contributed by atoms with Crippen molar-refractivity contribution in [1.29, 1.82) is 0 Å². The molecular formula is C15H10FN3. The van der Waals surface area contributed by atoms with Gasteiger partial charge in [-0.25, -0.2) is 4.39 Å². The van der Waals surface area contributed by atoms with E-state index in [0.717, 1.165) is 11.1 Å². The van der Waals surface area contributed by atoms with E-state index in [0.29, 0.717) is 11.3 Å². The first-order valence-corrected chi connectivity index (χ1v) is 5.81. The summed E-state index contributed by atoms with van der Waals surface area (Å²) in [4.78, 5) is 12.3. The Bertz CT molecular complexity index is 684. The van der Waals surface area contributed by atoms with Crippen LogP contribution in [-0.2, 0) is 0 Å². The topological polar surface area (TPSA) is 38.7 Å². The van der Waals surface area contributed by atoms with Crippen LogP contribution in [0.5, 0.6) is 0 Å². The minimum Gasteiger partial charge on any atom is -0.264 e. The highest BCUT2D eigenvalue weighted by molar-refractivity contribution is 5.79. The van der Waals surface area contributed by atoms with Gasteiger partial charge >= 0.3 is 0 Å². The first kappa shape index (κ1) is 11.5. The Balaban J connectivity index is 2.21. The van der Waals surface area contributed by atoms with Crippen LogP contribution in [0.1, 0.15) is 0 Å². The number of hydrogen-bond acceptors (Lipinski definition) is 3. The smallest absolute Gasteiger partial charge is 0.142 e. The molecule has 0 atom stereocenters. The standard InChI is InChI=1S/C15H10FN3/c16-13-7-14(11-3-1-5-17-8-11)15(19-10-13)12-4-2-6-18-9-12/h1-10H. The normalized spacial score (nSPS) is 10.4. The summed E-state index contributed by atoms with van der Waals surface area (Å²) in [6, 6.07) is 8.88. The summed E-state index contributed by atoms with van der Waals surface area (Å²) < 4.78 is 13.5. The van der Waals surface area contributed by atoms with Crippen molar-refractivity contribution in [2.75, 3.05) is 0 Å². The highest BCUT2D eigenvalue weighted by Crippen LogP contribution is 2.29. The summed E-state index contributed by atoms with van der Waals surface area (Å²) in [5.74, 6) is -0.369. The average molecular weight is 251 g/mol. The van der Waals surface area contributed by atoms with Crippen LogP contribution in [0.15, 0.2) is 61.3 Å². The summed E-state index contributed by atoms with van der Waals surface area (Å²) in [5.41, 5.74) is 3.08. The maximum Gasteiger partial charge on any atom is 0.142 e. The molecule has 0 saturated carbocycles. The van der Waals surface area contributed by atoms with Crippen molar-refractivity contribution in [1.82, 2.24) is 15.0 Å². The lowest BCUT2D eigenvalue weighted by Gasteiger charge is -2.08. The van der Waals surface area contributed by atoms with Crippen LogP contribution in [0, 0.1) is 5.82 Å². The lowest BCUT2D eigenvalue weighted by Crippen LogP contribution is -1.92. The molecule has 0 aliphatic heterocycles. The van der Waals surface area contributed by atoms with Gasteiger partial charge in [-0.05, 0) is 24.3 Å². The zero-order chi connectivity index (χ0) is 13.1. The number of halogens is 1. The van der Waals surface area contributed by atoms with Gasteiger partial charge in [0.25, 0.3) is 0 Å². The van der Waals surface area contributed by atoms with Crippen molar-refractivity contribution in [2.45, 2.75) is 0 Å². The molecule has 0 fully saturated rings. The van der Waals surface area contributed by atoms with Crippen LogP contribution in [0.3, 0.4) is 0 Å². The molecule has 0 radical (unpaired) electrons. The van der Waals surface area contributed by atoms with E-state index in [9.17, 15) is 4.39 Å². The van der Waals surface area contributed by atoms with Crippen molar-refractivity contribution < 1.29 is 4.39 Å². The van der Waals surface area contributed by atoms with Gasteiger partial charge in [-0.3, -0.25) is 15.0 Å². The molecule has 0 spiro atoms. The second-order valence-corrected chi connectivity index (χ2v) is 4.03. The highest BCUT2D eigenvalue weighted by Gasteiger charge is 2.10. The number of rotatable bonds is 2. The number of nitrogens with zero attached hydrogens (tertiary/aromatic N) is 3. The highest BCUT2D eigenvalue weighted by atomic mass is 19.1. The van der Waals surface area contributed by atoms with Crippen LogP contribution in [0.2, 0.25) is 0 Å². The zero-order valence-corrected chi connectivity index (χ0v) is 9.99. The molecule has 0 bridgehead atoms. The SMILES string of the molecule is Fc1cnc(-c2cccnc2)c(-c2cccnc2)c1. The van der Waals surface area contributed by atoms with Crippen molar-refractivity contribution in [3.63, 3.8) is 0 Å². The monoisotopic (exact) mass is 251 g/mol. The maximum absolute atomic E-state index is 13.5. The minimum absolute atomic E-state index is 0.369. The Hall–Kier alpha value is -2.62. The zero-order valence-electron chi connectivity index (χ0n) is 9.99. The molecule has 0 aromatic carbocycles. The molecule has 0 unspecified atom stereocenters. The largest absolute Gasteiger partial charge is 0.264 e. The molecule has 3 rings (SSSR count). The summed E-state index contributed by atoms with van der Waals surface area (Å²) >= 11 is 0. The first-order valence-electron chi connectivity index (χ1n) is 5.81. The van der Waals surface area contributed by atoms with Crippen LogP contribution in [0.4, 0.5) is 4.39 Å². The summed E-state index contributed by atoms with van der Waals surface area (Å²) in [5, 5.41) is 0. The fourth-order valence-corrected chi connectivity index (χ4v) is 1.91. The second-order valence-electron chi connectivity index (χ2n) is 4.03. The molecule has 3 aromatic rings. The van der Waals surface area contributed by atoms with Gasteiger partial charge < -0.3 is 0 Å². The second kappa shape index (κ2) is 4.94. The Morgan fingerprint density at radius 1 is 0.842 bits per heavy atom. The number of aromatic nitrogens is 3. The molecule has 0 aliphatic carbocycles. The van der Waals surface area contributed by atoms with Crippen LogP contribution in [0.25, 0.3) is 22.4 Å². The van der Waals surface area contributed by atoms with Gasteiger partial charge in [-0.1, -0.05) is 6.07 Å². The predicted molar refractivity (Wildman–Crippen MR) is 70.7 cm³/mol. The van der Waals surface area contributed by atoms with Gasteiger partial charge in [0.1, 0.15) is 5.82 Å². The molecule has 0 aliphatic rings. The molecule has 92 valence electrons. The van der Waals surface area contributed by atoms with Crippen LogP contribution < -0.4 is 0 Å². The van der Waals surface area contributed by atoms with Gasteiger partial charge in [0, 0.05) is 41.5 Å². The van der Waals surface area contributed by atoms with Crippen LogP contribution in [-0.4, -0.2) is 15.0 Å². The van der Waals surface area contributed by atoms with E-state index >= 15 is 0 Å². The van der Waals surface area contributed by atoms with Gasteiger partial charge in [-0.2, -0.15) is 0 Å². The Morgan fingerprint density at radius 3 is 2.16 bits per heavy atom. The Kier molecular flexibility index (Phi) is 2.98. The van der Waals surface area contributed by atoms with Crippen molar-refractivity contribution in [2.24, 2.45) is 0 Å². The van der Waals surface area contributed by atoms with Gasteiger partial charge in [0.05, 0.1) is 11.9 Å². The molecule has 0 amide bonds. The van der Waals surface area contributed by atoms with E-state index in [1.807, 2.05) is 24.3 Å². The molecule has 3 nitrogen and oxygen atoms in total. The van der Waals surface area contributed by atoms with E-state index in [-0.39, 0.29) is 5.82 Å². The third kappa shape index (κ3) is 2.33. The number of hydrogen-bond donors (Lipinski definition) is 0. The lowest BCUT2D eigenvalue weighted by molar-refractivity contribution is 0.622. The quantitative estimate of drug-likeness (QED) is 0.701. The third-order valence-electron chi connectivity index (χ3n) is 2.76. The van der Waals surface area contributed by atoms with Crippen molar-refractivity contribution >= 4 is 0 Å². The fraction of sp³-hybridized carbons (Fsp3) is 0. The molecule has 0 N–H and O–H groups in total. The molecule has 3 aromatic heterocycles. The van der Waals surface area contributed by atoms with Gasteiger partial charge in [0.2, 0.25) is 0 Å². The maximum atomic E-state index is 13.5. The van der Waals surface area contributed by atoms with Crippen molar-refractivity contribution in [3.8, 4) is 22.4 Å². The minimum atomic E-state index is -0.369. The summed E-state index contributed by atoms with van der Waals surface area (Å²) in [7, 11) is 0. The van der Waals surface area contributed by atoms with E-state index in [1.54, 1.807) is 24.8 Å². The predicted octanol–water partition coefficient (Wildman–Crippen LogP) is 3.34.